The van der Waals surface area contributed by atoms with E-state index in [9.17, 15) is 14.4 Å². The predicted molar refractivity (Wildman–Crippen MR) is 98.9 cm³/mol. The molecule has 2 aromatic rings. The summed E-state index contributed by atoms with van der Waals surface area (Å²) in [5, 5.41) is 2.78. The number of hydrogen-bond donors (Lipinski definition) is 1. The molecular formula is C20H20N2O5. The molecule has 1 N–H and O–H groups in total. The highest BCUT2D eigenvalue weighted by Crippen LogP contribution is 2.19. The number of hydrogen-bond acceptors (Lipinski definition) is 5. The Balaban J connectivity index is 1.76. The van der Waals surface area contributed by atoms with Gasteiger partial charge in [0.2, 0.25) is 0 Å². The molecule has 0 spiro atoms. The zero-order valence-corrected chi connectivity index (χ0v) is 14.9. The number of nitrogens with one attached hydrogen (secondary N) is 1. The van der Waals surface area contributed by atoms with Gasteiger partial charge in [0, 0.05) is 18.7 Å². The van der Waals surface area contributed by atoms with Gasteiger partial charge in [-0.2, -0.15) is 0 Å². The van der Waals surface area contributed by atoms with Crippen molar-refractivity contribution in [3.8, 4) is 0 Å². The van der Waals surface area contributed by atoms with Crippen molar-refractivity contribution in [2.45, 2.75) is 0 Å². The van der Waals surface area contributed by atoms with Crippen molar-refractivity contribution in [1.29, 1.82) is 0 Å². The quantitative estimate of drug-likeness (QED) is 0.837. The minimum absolute atomic E-state index is 0.143. The summed E-state index contributed by atoms with van der Waals surface area (Å²) in [6, 6.07) is 13.0. The Morgan fingerprint density at radius 3 is 2.26 bits per heavy atom. The molecule has 2 amide bonds. The Hall–Kier alpha value is -3.19. The van der Waals surface area contributed by atoms with Gasteiger partial charge in [0.05, 0.1) is 37.1 Å². The summed E-state index contributed by atoms with van der Waals surface area (Å²) >= 11 is 0. The lowest BCUT2D eigenvalue weighted by Crippen LogP contribution is -2.41. The van der Waals surface area contributed by atoms with Gasteiger partial charge in [0.25, 0.3) is 11.8 Å². The molecule has 1 aliphatic rings. The summed E-state index contributed by atoms with van der Waals surface area (Å²) in [5.74, 6) is -0.979. The van der Waals surface area contributed by atoms with Crippen LogP contribution in [0, 0.1) is 0 Å². The maximum absolute atomic E-state index is 12.8. The largest absolute Gasteiger partial charge is 0.465 e. The van der Waals surface area contributed by atoms with E-state index in [1.807, 2.05) is 0 Å². The molecule has 7 heteroatoms. The van der Waals surface area contributed by atoms with Gasteiger partial charge in [-0.25, -0.2) is 4.79 Å². The molecule has 0 aromatic heterocycles. The van der Waals surface area contributed by atoms with Crippen molar-refractivity contribution in [2.24, 2.45) is 0 Å². The average Bonchev–Trinajstić information content (AvgIpc) is 2.73. The zero-order chi connectivity index (χ0) is 19.2. The van der Waals surface area contributed by atoms with Gasteiger partial charge in [-0.15, -0.1) is 0 Å². The second kappa shape index (κ2) is 8.46. The Bertz CT molecular complexity index is 842. The maximum atomic E-state index is 12.8. The van der Waals surface area contributed by atoms with E-state index in [0.717, 1.165) is 0 Å². The summed E-state index contributed by atoms with van der Waals surface area (Å²) in [7, 11) is 1.30. The standard InChI is InChI=1S/C20H20N2O5/c1-26-20(25)15-8-6-14(7-9-15)18(23)21-17-5-3-2-4-16(17)19(24)22-10-12-27-13-11-22/h2-9H,10-13H2,1H3,(H,21,23). The minimum atomic E-state index is -0.469. The zero-order valence-electron chi connectivity index (χ0n) is 14.9. The fourth-order valence-electron chi connectivity index (χ4n) is 2.79. The molecule has 0 saturated carbocycles. The number of carbonyl (C=O) groups excluding carboxylic acids is 3. The number of morpholine rings is 1. The summed E-state index contributed by atoms with van der Waals surface area (Å²) in [5.41, 5.74) is 1.60. The van der Waals surface area contributed by atoms with Crippen LogP contribution in [-0.4, -0.2) is 56.1 Å². The van der Waals surface area contributed by atoms with Crippen LogP contribution in [0.5, 0.6) is 0 Å². The van der Waals surface area contributed by atoms with Crippen LogP contribution in [0.1, 0.15) is 31.1 Å². The van der Waals surface area contributed by atoms with Gasteiger partial charge < -0.3 is 19.7 Å². The summed E-state index contributed by atoms with van der Waals surface area (Å²) in [4.78, 5) is 38.5. The molecule has 0 bridgehead atoms. The van der Waals surface area contributed by atoms with E-state index in [4.69, 9.17) is 4.74 Å². The predicted octanol–water partition coefficient (Wildman–Crippen LogP) is 2.20. The fourth-order valence-corrected chi connectivity index (χ4v) is 2.79. The number of amides is 2. The summed E-state index contributed by atoms with van der Waals surface area (Å²) in [6.45, 7) is 2.06. The van der Waals surface area contributed by atoms with E-state index in [2.05, 4.69) is 10.1 Å². The molecule has 27 heavy (non-hydrogen) atoms. The third kappa shape index (κ3) is 4.32. The Morgan fingerprint density at radius 1 is 0.963 bits per heavy atom. The van der Waals surface area contributed by atoms with Gasteiger partial charge in [-0.05, 0) is 36.4 Å². The Kier molecular flexibility index (Phi) is 5.83. The van der Waals surface area contributed by atoms with E-state index in [1.54, 1.807) is 29.2 Å². The van der Waals surface area contributed by atoms with Crippen molar-refractivity contribution in [3.05, 3.63) is 65.2 Å². The van der Waals surface area contributed by atoms with Gasteiger partial charge >= 0.3 is 5.97 Å². The first-order valence-corrected chi connectivity index (χ1v) is 8.56. The summed E-state index contributed by atoms with van der Waals surface area (Å²) < 4.78 is 9.92. The molecule has 3 rings (SSSR count). The van der Waals surface area contributed by atoms with Gasteiger partial charge in [0.15, 0.2) is 0 Å². The normalized spacial score (nSPS) is 13.7. The van der Waals surface area contributed by atoms with Crippen molar-refractivity contribution in [1.82, 2.24) is 4.90 Å². The highest BCUT2D eigenvalue weighted by atomic mass is 16.5. The van der Waals surface area contributed by atoms with E-state index >= 15 is 0 Å². The fraction of sp³-hybridized carbons (Fsp3) is 0.250. The lowest BCUT2D eigenvalue weighted by atomic mass is 10.1. The average molecular weight is 368 g/mol. The molecule has 0 aliphatic carbocycles. The highest BCUT2D eigenvalue weighted by Gasteiger charge is 2.21. The SMILES string of the molecule is COC(=O)c1ccc(C(=O)Nc2ccccc2C(=O)N2CCOCC2)cc1. The number of anilines is 1. The number of methoxy groups -OCH3 is 1. The first kappa shape index (κ1) is 18.6. The minimum Gasteiger partial charge on any atom is -0.465 e. The highest BCUT2D eigenvalue weighted by molar-refractivity contribution is 6.09. The molecule has 1 heterocycles. The van der Waals surface area contributed by atoms with Crippen LogP contribution in [0.2, 0.25) is 0 Å². The lowest BCUT2D eigenvalue weighted by Gasteiger charge is -2.27. The van der Waals surface area contributed by atoms with Crippen LogP contribution in [0.15, 0.2) is 48.5 Å². The number of nitrogens with zero attached hydrogens (tertiary/aromatic N) is 1. The number of rotatable bonds is 4. The Morgan fingerprint density at radius 2 is 1.59 bits per heavy atom. The van der Waals surface area contributed by atoms with E-state index in [1.165, 1.54) is 31.4 Å². The van der Waals surface area contributed by atoms with Gasteiger partial charge in [-0.1, -0.05) is 12.1 Å². The molecule has 1 saturated heterocycles. The maximum Gasteiger partial charge on any atom is 0.337 e. The lowest BCUT2D eigenvalue weighted by molar-refractivity contribution is 0.0303. The van der Waals surface area contributed by atoms with Crippen LogP contribution >= 0.6 is 0 Å². The first-order chi connectivity index (χ1) is 13.1. The molecule has 1 aliphatic heterocycles. The van der Waals surface area contributed by atoms with Crippen molar-refractivity contribution in [2.75, 3.05) is 38.7 Å². The second-order valence-corrected chi connectivity index (χ2v) is 5.97. The van der Waals surface area contributed by atoms with Crippen LogP contribution < -0.4 is 5.32 Å². The van der Waals surface area contributed by atoms with Crippen molar-refractivity contribution < 1.29 is 23.9 Å². The third-order valence-electron chi connectivity index (χ3n) is 4.27. The molecule has 0 atom stereocenters. The van der Waals surface area contributed by atoms with Crippen LogP contribution in [0.4, 0.5) is 5.69 Å². The summed E-state index contributed by atoms with van der Waals surface area (Å²) in [6.07, 6.45) is 0. The van der Waals surface area contributed by atoms with Crippen molar-refractivity contribution >= 4 is 23.5 Å². The molecule has 1 fully saturated rings. The first-order valence-electron chi connectivity index (χ1n) is 8.56. The number of para-hydroxylation sites is 1. The van der Waals surface area contributed by atoms with Crippen LogP contribution in [0.25, 0.3) is 0 Å². The van der Waals surface area contributed by atoms with E-state index < -0.39 is 5.97 Å². The van der Waals surface area contributed by atoms with Crippen LogP contribution in [-0.2, 0) is 9.47 Å². The Labute approximate surface area is 156 Å². The van der Waals surface area contributed by atoms with Crippen LogP contribution in [0.3, 0.4) is 0 Å². The van der Waals surface area contributed by atoms with E-state index in [-0.39, 0.29) is 11.8 Å². The molecular weight excluding hydrogens is 348 g/mol. The molecule has 7 nitrogen and oxygen atoms in total. The molecule has 0 radical (unpaired) electrons. The number of ether oxygens (including phenoxy) is 2. The van der Waals surface area contributed by atoms with E-state index in [0.29, 0.717) is 48.7 Å². The number of carbonyl (C=O) groups is 3. The smallest absolute Gasteiger partial charge is 0.337 e. The molecule has 140 valence electrons. The second-order valence-electron chi connectivity index (χ2n) is 5.97. The number of benzene rings is 2. The molecule has 2 aromatic carbocycles. The van der Waals surface area contributed by atoms with Gasteiger partial charge in [0.1, 0.15) is 0 Å². The monoisotopic (exact) mass is 368 g/mol. The van der Waals surface area contributed by atoms with Crippen molar-refractivity contribution in [3.63, 3.8) is 0 Å². The third-order valence-corrected chi connectivity index (χ3v) is 4.27. The molecule has 0 unspecified atom stereocenters. The topological polar surface area (TPSA) is 84.9 Å². The van der Waals surface area contributed by atoms with Gasteiger partial charge in [-0.3, -0.25) is 9.59 Å². The number of esters is 1.